The van der Waals surface area contributed by atoms with Crippen LogP contribution in [0.5, 0.6) is 0 Å². The molecule has 0 aliphatic carbocycles. The molecule has 0 radical (unpaired) electrons. The molecule has 8 aliphatic rings. The van der Waals surface area contributed by atoms with Crippen LogP contribution in [0.4, 0.5) is 0 Å². The molecule has 0 unspecified atom stereocenters. The third kappa shape index (κ3) is 18.3. The van der Waals surface area contributed by atoms with Gasteiger partial charge in [-0.1, -0.05) is 0 Å². The summed E-state index contributed by atoms with van der Waals surface area (Å²) in [6, 6.07) is -7.20. The van der Waals surface area contributed by atoms with Crippen LogP contribution in [-0.2, 0) is 90.2 Å². The van der Waals surface area contributed by atoms with E-state index in [2.05, 4.69) is 21.3 Å². The molecule has 0 aromatic carbocycles. The number of rotatable bonds is 25. The minimum atomic E-state index is -2.51. The lowest BCUT2D eigenvalue weighted by Crippen LogP contribution is -2.71. The summed E-state index contributed by atoms with van der Waals surface area (Å²) in [5, 5.41) is 242. The van der Waals surface area contributed by atoms with Crippen LogP contribution in [0.2, 0.25) is 0 Å². The van der Waals surface area contributed by atoms with Crippen molar-refractivity contribution in [3.05, 3.63) is 0 Å². The highest BCUT2D eigenvalue weighted by atomic mass is 16.8. The Labute approximate surface area is 567 Å². The minimum Gasteiger partial charge on any atom is -0.394 e. The summed E-state index contributed by atoms with van der Waals surface area (Å²) in [6.45, 7) is -1.94. The lowest BCUT2D eigenvalue weighted by Gasteiger charge is -2.51. The van der Waals surface area contributed by atoms with Gasteiger partial charge in [-0.15, -0.1) is 0 Å². The average molecular weight is 1460 g/mol. The molecule has 25 N–H and O–H groups in total. The highest BCUT2D eigenvalue weighted by Crippen LogP contribution is 2.39. The molecule has 44 heteroatoms. The lowest BCUT2D eigenvalue weighted by atomic mass is 9.93. The van der Waals surface area contributed by atoms with Crippen LogP contribution in [0, 0.1) is 0 Å². The van der Waals surface area contributed by atoms with E-state index in [4.69, 9.17) is 71.1 Å². The zero-order valence-corrected chi connectivity index (χ0v) is 54.2. The van der Waals surface area contributed by atoms with Crippen LogP contribution >= 0.6 is 0 Å². The van der Waals surface area contributed by atoms with Gasteiger partial charge < -0.3 is 200 Å². The van der Waals surface area contributed by atoms with Crippen LogP contribution in [-0.4, -0.2) is 423 Å². The summed E-state index contributed by atoms with van der Waals surface area (Å²) in [5.41, 5.74) is 0. The summed E-state index contributed by atoms with van der Waals surface area (Å²) in [5.74, 6) is -3.47. The number of hydrogen-bond acceptors (Lipinski definition) is 40. The number of aliphatic hydroxyl groups excluding tert-OH is 21. The molecule has 0 aromatic rings. The van der Waals surface area contributed by atoms with E-state index in [1.165, 1.54) is 6.92 Å². The van der Waals surface area contributed by atoms with Crippen molar-refractivity contribution in [1.82, 2.24) is 21.3 Å². The van der Waals surface area contributed by atoms with Crippen molar-refractivity contribution in [3.63, 3.8) is 0 Å². The second kappa shape index (κ2) is 35.7. The van der Waals surface area contributed by atoms with Gasteiger partial charge in [0.1, 0.15) is 189 Å². The van der Waals surface area contributed by atoms with Gasteiger partial charge in [-0.25, -0.2) is 0 Å². The highest BCUT2D eigenvalue weighted by Gasteiger charge is 2.60. The van der Waals surface area contributed by atoms with Gasteiger partial charge in [-0.05, 0) is 6.92 Å². The first-order chi connectivity index (χ1) is 47.2. The third-order valence-corrected chi connectivity index (χ3v) is 18.2. The molecule has 0 saturated carbocycles. The number of carbonyl (C=O) groups excluding carboxylic acids is 4. The largest absolute Gasteiger partial charge is 0.394 e. The number of carbonyl (C=O) groups is 4. The highest BCUT2D eigenvalue weighted by molar-refractivity contribution is 5.74. The Balaban J connectivity index is 1.14. The molecule has 4 amide bonds. The van der Waals surface area contributed by atoms with E-state index < -0.39 is 315 Å². The zero-order chi connectivity index (χ0) is 73.8. The molecule has 100 heavy (non-hydrogen) atoms. The third-order valence-electron chi connectivity index (χ3n) is 18.2. The summed E-state index contributed by atoms with van der Waals surface area (Å²) in [7, 11) is 0. The minimum absolute atomic E-state index is 0.806. The van der Waals surface area contributed by atoms with Gasteiger partial charge >= 0.3 is 0 Å². The fourth-order valence-electron chi connectivity index (χ4n) is 12.8. The number of aliphatic hydroxyl groups is 21. The molecule has 8 heterocycles. The van der Waals surface area contributed by atoms with Crippen molar-refractivity contribution in [2.45, 2.75) is 280 Å². The standard InChI is InChI=1S/C56H94N4O40/c1-13-29(70)38(79)40(81)53(88-13)87-12-24-46(36(77)25(49(85)89-24)57-14(2)66)97-52-28(60-17(5)69)37(78)44(21(9-64)93-52)98-55-43(84)47(33(74)23(95-55)11-86-54-41(82)39(80)32(73)20(8-63)92-54)99-56-48(100-51-27(59-16(4)68)35(76)31(72)19(7-62)91-51)42(83)45(22(10-65)94-56)96-50-26(58-15(3)67)34(75)30(71)18(6-61)90-50/h13,18-56,61-65,70-85H,6-12H2,1-5H3,(H,57,66)(H,58,67)(H,59,68)(H,60,69)/t13-,18+,19+,20+,21+,22+,23+,24+,25+,26+,27+,28+,29+,30+,31+,32+,33+,34+,35+,36+,37+,38+,39-,40-,41-,42-,43-,44+,45+,46+,47-,48-,49+,50-,51-,52-,53+,54-,55-,56+/m0/s1. The molecular formula is C56H94N4O40. The van der Waals surface area contributed by atoms with Crippen molar-refractivity contribution in [3.8, 4) is 0 Å². The van der Waals surface area contributed by atoms with E-state index in [-0.39, 0.29) is 0 Å². The van der Waals surface area contributed by atoms with Crippen LogP contribution in [0.3, 0.4) is 0 Å². The SMILES string of the molecule is CC(=O)N[C@@H]1[C@@H](O)[C@H](O[C@@H]2O[C@H](CO)[C@@H](O[C@@H]3O[C@H](CO[C@H]4O[C@H](CO)[C@@H](O)[C@H](O)[C@@H]4O)[C@@H](O)[C@H](O[C@H]4O[C@H](CO)[C@@H](O[C@@H]5O[C@H](CO)[C@@H](O)[C@H](O)[C@H]5NC(C)=O)[C@H](O)[C@@H]4O[C@@H]4O[C@H](CO)[C@@H](O)[C@H](O)[C@H]4NC(C)=O)[C@@H]3O)[C@H](O)[C@H]2NC(C)=O)[C@@H](CO[C@@H]2O[C@@H](C)[C@@H](O)[C@@H](O)[C@@H]2O)O[C@H]1O. The predicted molar refractivity (Wildman–Crippen MR) is 309 cm³/mol. The first kappa shape index (κ1) is 82.1. The Morgan fingerprint density at radius 1 is 0.280 bits per heavy atom. The van der Waals surface area contributed by atoms with Crippen molar-refractivity contribution < 1.29 is 197 Å². The van der Waals surface area contributed by atoms with Gasteiger partial charge in [-0.3, -0.25) is 19.2 Å². The second-order valence-electron chi connectivity index (χ2n) is 25.4. The quantitative estimate of drug-likeness (QED) is 0.0404. The number of ether oxygens (including phenoxy) is 15. The fraction of sp³-hybridized carbons (Fsp3) is 0.929. The van der Waals surface area contributed by atoms with E-state index in [1.54, 1.807) is 0 Å². The maximum Gasteiger partial charge on any atom is 0.217 e. The molecule has 8 rings (SSSR count). The second-order valence-corrected chi connectivity index (χ2v) is 25.4. The van der Waals surface area contributed by atoms with E-state index in [1.807, 2.05) is 0 Å². The Kier molecular flexibility index (Phi) is 29.3. The molecule has 8 fully saturated rings. The first-order valence-corrected chi connectivity index (χ1v) is 32.0. The molecular weight excluding hydrogens is 1370 g/mol. The molecule has 578 valence electrons. The summed E-state index contributed by atoms with van der Waals surface area (Å²) >= 11 is 0. The Morgan fingerprint density at radius 2 is 0.610 bits per heavy atom. The van der Waals surface area contributed by atoms with Crippen molar-refractivity contribution in [2.24, 2.45) is 0 Å². The molecule has 40 atom stereocenters. The summed E-state index contributed by atoms with van der Waals surface area (Å²) in [4.78, 5) is 50.5. The van der Waals surface area contributed by atoms with Crippen LogP contribution in [0.1, 0.15) is 34.6 Å². The predicted octanol–water partition coefficient (Wildman–Crippen LogP) is -16.8. The number of nitrogens with one attached hydrogen (secondary N) is 4. The Bertz CT molecular complexity index is 2620. The maximum absolute atomic E-state index is 13.1. The normalized spacial score (nSPS) is 48.7. The molecule has 0 bridgehead atoms. The summed E-state index contributed by atoms with van der Waals surface area (Å²) in [6.07, 6.45) is -71.8. The van der Waals surface area contributed by atoms with Crippen molar-refractivity contribution in [2.75, 3.05) is 46.2 Å². The lowest BCUT2D eigenvalue weighted by molar-refractivity contribution is -0.402. The van der Waals surface area contributed by atoms with Gasteiger partial charge in [0.05, 0.1) is 52.4 Å². The van der Waals surface area contributed by atoms with Crippen molar-refractivity contribution >= 4 is 23.6 Å². The van der Waals surface area contributed by atoms with Crippen molar-refractivity contribution in [1.29, 1.82) is 0 Å². The Morgan fingerprint density at radius 3 is 1.08 bits per heavy atom. The van der Waals surface area contributed by atoms with Gasteiger partial charge in [0, 0.05) is 27.7 Å². The molecule has 8 saturated heterocycles. The smallest absolute Gasteiger partial charge is 0.217 e. The van der Waals surface area contributed by atoms with Crippen LogP contribution in [0.25, 0.3) is 0 Å². The van der Waals surface area contributed by atoms with E-state index in [0.717, 1.165) is 27.7 Å². The van der Waals surface area contributed by atoms with Crippen LogP contribution in [0.15, 0.2) is 0 Å². The summed E-state index contributed by atoms with van der Waals surface area (Å²) < 4.78 is 88.9. The van der Waals surface area contributed by atoms with Crippen LogP contribution < -0.4 is 21.3 Å². The van der Waals surface area contributed by atoms with E-state index in [0.29, 0.717) is 0 Å². The van der Waals surface area contributed by atoms with Gasteiger partial charge in [0.2, 0.25) is 23.6 Å². The number of amides is 4. The molecule has 0 spiro atoms. The van der Waals surface area contributed by atoms with Gasteiger partial charge in [-0.2, -0.15) is 0 Å². The van der Waals surface area contributed by atoms with Gasteiger partial charge in [0.15, 0.2) is 50.3 Å². The van der Waals surface area contributed by atoms with E-state index >= 15 is 0 Å². The molecule has 8 aliphatic heterocycles. The topological polar surface area (TPSA) is 680 Å². The monoisotopic (exact) mass is 1460 g/mol. The molecule has 44 nitrogen and oxygen atoms in total. The zero-order valence-electron chi connectivity index (χ0n) is 54.2. The van der Waals surface area contributed by atoms with E-state index in [9.17, 15) is 126 Å². The average Bonchev–Trinajstić information content (AvgIpc) is 0.766. The Hall–Kier alpha value is -3.56. The maximum atomic E-state index is 13.1. The number of hydrogen-bond donors (Lipinski definition) is 25. The first-order valence-electron chi connectivity index (χ1n) is 32.0. The molecule has 0 aromatic heterocycles. The van der Waals surface area contributed by atoms with Gasteiger partial charge in [0.25, 0.3) is 0 Å². The fourth-order valence-corrected chi connectivity index (χ4v) is 12.8.